The normalized spacial score (nSPS) is 10.1. The van der Waals surface area contributed by atoms with Crippen molar-refractivity contribution in [3.63, 3.8) is 0 Å². The highest BCUT2D eigenvalue weighted by Crippen LogP contribution is 2.27. The molecule has 0 aliphatic rings. The van der Waals surface area contributed by atoms with Crippen LogP contribution in [0.15, 0.2) is 36.7 Å². The Morgan fingerprint density at radius 3 is 2.81 bits per heavy atom. The van der Waals surface area contributed by atoms with Crippen LogP contribution in [0.2, 0.25) is 0 Å². The molecular formula is C12H11FN2O. The highest BCUT2D eigenvalue weighted by atomic mass is 19.1. The molecule has 0 saturated heterocycles. The highest BCUT2D eigenvalue weighted by molar-refractivity contribution is 5.51. The van der Waals surface area contributed by atoms with Gasteiger partial charge in [-0.15, -0.1) is 0 Å². The molecule has 1 aromatic heterocycles. The molecule has 0 aliphatic heterocycles. The molecule has 0 aliphatic carbocycles. The molecule has 1 aromatic carbocycles. The number of aromatic nitrogens is 1. The van der Waals surface area contributed by atoms with Crippen molar-refractivity contribution in [2.45, 2.75) is 6.92 Å². The van der Waals surface area contributed by atoms with Crippen LogP contribution in [0.3, 0.4) is 0 Å². The van der Waals surface area contributed by atoms with Gasteiger partial charge in [-0.25, -0.2) is 4.39 Å². The Hall–Kier alpha value is -2.10. The maximum atomic E-state index is 13.3. The molecule has 0 saturated carbocycles. The van der Waals surface area contributed by atoms with Gasteiger partial charge < -0.3 is 10.5 Å². The van der Waals surface area contributed by atoms with E-state index in [-0.39, 0.29) is 5.82 Å². The Balaban J connectivity index is 2.28. The molecule has 1 heterocycles. The van der Waals surface area contributed by atoms with Crippen molar-refractivity contribution in [3.05, 3.63) is 48.0 Å². The molecule has 0 fully saturated rings. The third-order valence-electron chi connectivity index (χ3n) is 2.18. The van der Waals surface area contributed by atoms with Crippen molar-refractivity contribution in [1.82, 2.24) is 4.98 Å². The lowest BCUT2D eigenvalue weighted by molar-refractivity contribution is 0.477. The molecule has 3 nitrogen and oxygen atoms in total. The molecule has 16 heavy (non-hydrogen) atoms. The number of pyridine rings is 1. The van der Waals surface area contributed by atoms with Crippen molar-refractivity contribution in [2.24, 2.45) is 0 Å². The summed E-state index contributed by atoms with van der Waals surface area (Å²) in [6.07, 6.45) is 3.05. The van der Waals surface area contributed by atoms with Crippen LogP contribution in [0.4, 0.5) is 10.1 Å². The Kier molecular flexibility index (Phi) is 2.72. The summed E-state index contributed by atoms with van der Waals surface area (Å²) >= 11 is 0. The average molecular weight is 218 g/mol. The fourth-order valence-electron chi connectivity index (χ4n) is 1.25. The fourth-order valence-corrected chi connectivity index (χ4v) is 1.25. The number of hydrogen-bond acceptors (Lipinski definition) is 3. The molecule has 0 spiro atoms. The van der Waals surface area contributed by atoms with Crippen molar-refractivity contribution in [2.75, 3.05) is 5.73 Å². The lowest BCUT2D eigenvalue weighted by atomic mass is 10.2. The summed E-state index contributed by atoms with van der Waals surface area (Å²) in [5.41, 5.74) is 6.65. The maximum Gasteiger partial charge on any atom is 0.153 e. The molecule has 0 amide bonds. The quantitative estimate of drug-likeness (QED) is 0.843. The molecule has 0 unspecified atom stereocenters. The van der Waals surface area contributed by atoms with E-state index >= 15 is 0 Å². The van der Waals surface area contributed by atoms with Crippen molar-refractivity contribution < 1.29 is 9.13 Å². The van der Waals surface area contributed by atoms with E-state index in [0.29, 0.717) is 22.7 Å². The van der Waals surface area contributed by atoms with E-state index in [0.717, 1.165) is 0 Å². The number of rotatable bonds is 2. The Morgan fingerprint density at radius 2 is 2.12 bits per heavy atom. The van der Waals surface area contributed by atoms with Gasteiger partial charge in [-0.2, -0.15) is 0 Å². The SMILES string of the molecule is Cc1ccc(Oc2ccncc2N)cc1F. The number of nitrogens with zero attached hydrogens (tertiary/aromatic N) is 1. The van der Waals surface area contributed by atoms with Crippen LogP contribution in [0.1, 0.15) is 5.56 Å². The largest absolute Gasteiger partial charge is 0.455 e. The van der Waals surface area contributed by atoms with Gasteiger partial charge in [0.05, 0.1) is 11.9 Å². The number of nitrogens with two attached hydrogens (primary N) is 1. The first kappa shape index (κ1) is 10.4. The van der Waals surface area contributed by atoms with Gasteiger partial charge in [0.25, 0.3) is 0 Å². The Labute approximate surface area is 92.7 Å². The first-order chi connectivity index (χ1) is 7.66. The second-order valence-electron chi connectivity index (χ2n) is 3.43. The summed E-state index contributed by atoms with van der Waals surface area (Å²) < 4.78 is 18.7. The van der Waals surface area contributed by atoms with Crippen LogP contribution in [0.25, 0.3) is 0 Å². The zero-order chi connectivity index (χ0) is 11.5. The van der Waals surface area contributed by atoms with E-state index in [4.69, 9.17) is 10.5 Å². The van der Waals surface area contributed by atoms with Gasteiger partial charge in [0.2, 0.25) is 0 Å². The van der Waals surface area contributed by atoms with Crippen molar-refractivity contribution in [1.29, 1.82) is 0 Å². The van der Waals surface area contributed by atoms with E-state index in [1.54, 1.807) is 31.3 Å². The summed E-state index contributed by atoms with van der Waals surface area (Å²) in [7, 11) is 0. The topological polar surface area (TPSA) is 48.1 Å². The highest BCUT2D eigenvalue weighted by Gasteiger charge is 2.04. The van der Waals surface area contributed by atoms with Crippen LogP contribution in [0, 0.1) is 12.7 Å². The number of anilines is 1. The van der Waals surface area contributed by atoms with Crippen LogP contribution in [-0.2, 0) is 0 Å². The number of hydrogen-bond donors (Lipinski definition) is 1. The molecule has 0 atom stereocenters. The lowest BCUT2D eigenvalue weighted by Crippen LogP contribution is -1.93. The number of halogens is 1. The van der Waals surface area contributed by atoms with Crippen LogP contribution in [-0.4, -0.2) is 4.98 Å². The van der Waals surface area contributed by atoms with Crippen molar-refractivity contribution >= 4 is 5.69 Å². The summed E-state index contributed by atoms with van der Waals surface area (Å²) in [4.78, 5) is 3.84. The Bertz CT molecular complexity index is 514. The third kappa shape index (κ3) is 2.11. The molecule has 82 valence electrons. The summed E-state index contributed by atoms with van der Waals surface area (Å²) in [6, 6.07) is 6.31. The van der Waals surface area contributed by atoms with Gasteiger partial charge >= 0.3 is 0 Å². The summed E-state index contributed by atoms with van der Waals surface area (Å²) in [5, 5.41) is 0. The van der Waals surface area contributed by atoms with E-state index in [9.17, 15) is 4.39 Å². The van der Waals surface area contributed by atoms with Crippen LogP contribution >= 0.6 is 0 Å². The summed E-state index contributed by atoms with van der Waals surface area (Å²) in [6.45, 7) is 1.69. The predicted octanol–water partition coefficient (Wildman–Crippen LogP) is 2.90. The standard InChI is InChI=1S/C12H11FN2O/c1-8-2-3-9(6-10(8)13)16-12-4-5-15-7-11(12)14/h2-7H,14H2,1H3. The summed E-state index contributed by atoms with van der Waals surface area (Å²) in [5.74, 6) is 0.587. The number of benzene rings is 1. The van der Waals surface area contributed by atoms with Crippen LogP contribution < -0.4 is 10.5 Å². The van der Waals surface area contributed by atoms with Crippen LogP contribution in [0.5, 0.6) is 11.5 Å². The van der Waals surface area contributed by atoms with Gasteiger partial charge in [0.1, 0.15) is 11.6 Å². The zero-order valence-corrected chi connectivity index (χ0v) is 8.77. The van der Waals surface area contributed by atoms with Gasteiger partial charge in [-0.3, -0.25) is 4.98 Å². The zero-order valence-electron chi connectivity index (χ0n) is 8.77. The fraction of sp³-hybridized carbons (Fsp3) is 0.0833. The first-order valence-corrected chi connectivity index (χ1v) is 4.80. The minimum Gasteiger partial charge on any atom is -0.455 e. The molecule has 0 radical (unpaired) electrons. The number of ether oxygens (including phenoxy) is 1. The molecule has 2 aromatic rings. The van der Waals surface area contributed by atoms with E-state index in [1.807, 2.05) is 0 Å². The van der Waals surface area contributed by atoms with Gasteiger partial charge in [-0.1, -0.05) is 6.07 Å². The van der Waals surface area contributed by atoms with Gasteiger partial charge in [0, 0.05) is 18.3 Å². The average Bonchev–Trinajstić information content (AvgIpc) is 2.27. The minimum absolute atomic E-state index is 0.301. The molecule has 2 N–H and O–H groups in total. The molecule has 4 heteroatoms. The minimum atomic E-state index is -0.301. The predicted molar refractivity (Wildman–Crippen MR) is 59.9 cm³/mol. The maximum absolute atomic E-state index is 13.3. The van der Waals surface area contributed by atoms with Crippen molar-refractivity contribution in [3.8, 4) is 11.5 Å². The van der Waals surface area contributed by atoms with Gasteiger partial charge in [-0.05, 0) is 18.6 Å². The molecular weight excluding hydrogens is 207 g/mol. The number of aryl methyl sites for hydroxylation is 1. The second-order valence-corrected chi connectivity index (χ2v) is 3.43. The lowest BCUT2D eigenvalue weighted by Gasteiger charge is -2.08. The Morgan fingerprint density at radius 1 is 1.31 bits per heavy atom. The van der Waals surface area contributed by atoms with E-state index in [2.05, 4.69) is 4.98 Å². The molecule has 0 bridgehead atoms. The third-order valence-corrected chi connectivity index (χ3v) is 2.18. The first-order valence-electron chi connectivity index (χ1n) is 4.80. The van der Waals surface area contributed by atoms with Gasteiger partial charge in [0.15, 0.2) is 5.75 Å². The second kappa shape index (κ2) is 4.18. The molecule has 2 rings (SSSR count). The monoisotopic (exact) mass is 218 g/mol. The van der Waals surface area contributed by atoms with E-state index < -0.39 is 0 Å². The smallest absolute Gasteiger partial charge is 0.153 e. The van der Waals surface area contributed by atoms with E-state index in [1.165, 1.54) is 12.3 Å². The number of nitrogen functional groups attached to an aromatic ring is 1.